The van der Waals surface area contributed by atoms with Gasteiger partial charge in [0, 0.05) is 17.8 Å². The van der Waals surface area contributed by atoms with E-state index in [1.54, 1.807) is 13.0 Å². The van der Waals surface area contributed by atoms with Gasteiger partial charge in [0.25, 0.3) is 0 Å². The third-order valence-electron chi connectivity index (χ3n) is 4.95. The number of halogens is 7. The number of carbonyl (C=O) groups excluding carboxylic acids is 1. The van der Waals surface area contributed by atoms with Gasteiger partial charge in [-0.3, -0.25) is 0 Å². The molecule has 1 heterocycles. The van der Waals surface area contributed by atoms with E-state index in [9.17, 15) is 40.8 Å². The third kappa shape index (κ3) is 6.49. The molecule has 2 rings (SSSR count). The van der Waals surface area contributed by atoms with Crippen molar-refractivity contribution in [3.8, 4) is 6.07 Å². The number of nitrogens with zero attached hydrogens (tertiary/aromatic N) is 1. The first-order valence-corrected chi connectivity index (χ1v) is 10.0. The molecule has 0 radical (unpaired) electrons. The van der Waals surface area contributed by atoms with Gasteiger partial charge in [-0.2, -0.15) is 31.6 Å². The predicted octanol–water partition coefficient (Wildman–Crippen LogP) is 6.27. The maximum absolute atomic E-state index is 13.7. The van der Waals surface area contributed by atoms with E-state index in [1.807, 2.05) is 0 Å². The number of benzene rings is 1. The molecule has 0 spiro atoms. The number of nitrogens with one attached hydrogen (secondary N) is 1. The minimum Gasteiger partial charge on any atom is -0.462 e. The predicted molar refractivity (Wildman–Crippen MR) is 104 cm³/mol. The lowest BCUT2D eigenvalue weighted by Gasteiger charge is -2.31. The first-order chi connectivity index (χ1) is 15.3. The van der Waals surface area contributed by atoms with Crippen molar-refractivity contribution in [1.82, 2.24) is 5.32 Å². The van der Waals surface area contributed by atoms with Gasteiger partial charge in [-0.25, -0.2) is 9.18 Å². The average molecular weight is 478 g/mol. The molecule has 1 aliphatic heterocycles. The van der Waals surface area contributed by atoms with Gasteiger partial charge in [0.15, 0.2) is 0 Å². The standard InChI is InChI=1S/C22H21F7N2O2/c1-3-5-17-19(20(32)33-9-4-8-21(24,25)26)18(15(11-30)12(2)31-17)14-7-6-13(23)10-16(14)22(27,28)29/h6-7,10,18,31H,3-5,8-9H2,1-2H3. The van der Waals surface area contributed by atoms with Crippen molar-refractivity contribution < 1.29 is 40.3 Å². The molecule has 1 aromatic carbocycles. The maximum Gasteiger partial charge on any atom is 0.416 e. The molecule has 0 fully saturated rings. The highest BCUT2D eigenvalue weighted by Crippen LogP contribution is 2.44. The summed E-state index contributed by atoms with van der Waals surface area (Å²) in [6, 6.07) is 3.69. The zero-order valence-corrected chi connectivity index (χ0v) is 17.8. The highest BCUT2D eigenvalue weighted by Gasteiger charge is 2.42. The maximum atomic E-state index is 13.7. The Morgan fingerprint density at radius 1 is 1.21 bits per heavy atom. The minimum atomic E-state index is -5.00. The van der Waals surface area contributed by atoms with Crippen LogP contribution >= 0.6 is 0 Å². The SMILES string of the molecule is CCCC1=C(C(=O)OCCCC(F)(F)F)C(c2ccc(F)cc2C(F)(F)F)C(C#N)=C(C)N1. The molecular weight excluding hydrogens is 457 g/mol. The van der Waals surface area contributed by atoms with E-state index in [1.165, 1.54) is 6.92 Å². The second-order valence-electron chi connectivity index (χ2n) is 7.43. The van der Waals surface area contributed by atoms with Crippen LogP contribution in [-0.4, -0.2) is 18.8 Å². The Kier molecular flexibility index (Phi) is 8.16. The normalized spacial score (nSPS) is 17.0. The molecule has 0 aromatic heterocycles. The van der Waals surface area contributed by atoms with Crippen LogP contribution in [0.5, 0.6) is 0 Å². The minimum absolute atomic E-state index is 0.192. The fourth-order valence-electron chi connectivity index (χ4n) is 3.58. The molecule has 11 heteroatoms. The first-order valence-electron chi connectivity index (χ1n) is 10.0. The van der Waals surface area contributed by atoms with Crippen LogP contribution in [0.1, 0.15) is 56.6 Å². The highest BCUT2D eigenvalue weighted by atomic mass is 19.4. The number of esters is 1. The lowest BCUT2D eigenvalue weighted by atomic mass is 9.78. The molecule has 0 aliphatic carbocycles. The van der Waals surface area contributed by atoms with E-state index in [0.29, 0.717) is 6.42 Å². The second kappa shape index (κ2) is 10.3. The molecule has 1 N–H and O–H groups in total. The Morgan fingerprint density at radius 3 is 2.42 bits per heavy atom. The Labute approximate surface area is 185 Å². The largest absolute Gasteiger partial charge is 0.462 e. The van der Waals surface area contributed by atoms with Gasteiger partial charge in [-0.1, -0.05) is 19.4 Å². The Morgan fingerprint density at radius 2 is 1.88 bits per heavy atom. The summed E-state index contributed by atoms with van der Waals surface area (Å²) >= 11 is 0. The van der Waals surface area contributed by atoms with Crippen LogP contribution in [0.3, 0.4) is 0 Å². The summed E-state index contributed by atoms with van der Waals surface area (Å²) in [6.45, 7) is 2.57. The van der Waals surface area contributed by atoms with Crippen LogP contribution in [0.2, 0.25) is 0 Å². The van der Waals surface area contributed by atoms with Gasteiger partial charge >= 0.3 is 18.3 Å². The lowest BCUT2D eigenvalue weighted by molar-refractivity contribution is -0.147. The van der Waals surface area contributed by atoms with Crippen molar-refractivity contribution in [3.63, 3.8) is 0 Å². The fraction of sp³-hybridized carbons (Fsp3) is 0.455. The van der Waals surface area contributed by atoms with Gasteiger partial charge in [-0.15, -0.1) is 0 Å². The number of dihydropyridines is 1. The van der Waals surface area contributed by atoms with Crippen LogP contribution in [0.25, 0.3) is 0 Å². The molecule has 1 atom stereocenters. The van der Waals surface area contributed by atoms with Gasteiger partial charge in [0.05, 0.1) is 35.3 Å². The number of carbonyl (C=O) groups is 1. The molecule has 0 bridgehead atoms. The summed E-state index contributed by atoms with van der Waals surface area (Å²) in [6.07, 6.45) is -10.5. The van der Waals surface area contributed by atoms with E-state index in [-0.39, 0.29) is 35.0 Å². The highest BCUT2D eigenvalue weighted by molar-refractivity contribution is 5.93. The van der Waals surface area contributed by atoms with Gasteiger partial charge in [-0.05, 0) is 37.5 Å². The lowest BCUT2D eigenvalue weighted by Crippen LogP contribution is -2.31. The number of ether oxygens (including phenoxy) is 1. The molecule has 4 nitrogen and oxygen atoms in total. The van der Waals surface area contributed by atoms with Crippen LogP contribution in [0, 0.1) is 17.1 Å². The summed E-state index contributed by atoms with van der Waals surface area (Å²) in [4.78, 5) is 12.9. The van der Waals surface area contributed by atoms with E-state index in [0.717, 1.165) is 12.1 Å². The quantitative estimate of drug-likeness (QED) is 0.285. The van der Waals surface area contributed by atoms with Crippen LogP contribution in [0.15, 0.2) is 40.7 Å². The Bertz CT molecular complexity index is 1000. The zero-order chi connectivity index (χ0) is 25.0. The summed E-state index contributed by atoms with van der Waals surface area (Å²) in [5.74, 6) is -3.84. The van der Waals surface area contributed by atoms with Crippen molar-refractivity contribution in [2.24, 2.45) is 0 Å². The molecule has 0 saturated heterocycles. The summed E-state index contributed by atoms with van der Waals surface area (Å²) < 4.78 is 96.9. The topological polar surface area (TPSA) is 62.1 Å². The second-order valence-corrected chi connectivity index (χ2v) is 7.43. The molecule has 180 valence electrons. The average Bonchev–Trinajstić information content (AvgIpc) is 2.69. The van der Waals surface area contributed by atoms with Gasteiger partial charge in [0.2, 0.25) is 0 Å². The molecule has 1 aromatic rings. The van der Waals surface area contributed by atoms with E-state index in [2.05, 4.69) is 5.32 Å². The van der Waals surface area contributed by atoms with Gasteiger partial charge in [0.1, 0.15) is 5.82 Å². The van der Waals surface area contributed by atoms with Crippen molar-refractivity contribution in [3.05, 3.63) is 57.7 Å². The molecule has 1 unspecified atom stereocenters. The molecule has 33 heavy (non-hydrogen) atoms. The first kappa shape index (κ1) is 26.2. The van der Waals surface area contributed by atoms with Crippen LogP contribution in [-0.2, 0) is 15.7 Å². The van der Waals surface area contributed by atoms with E-state index < -0.39 is 60.6 Å². The molecule has 0 saturated carbocycles. The van der Waals surface area contributed by atoms with Gasteiger partial charge < -0.3 is 10.1 Å². The number of rotatable bonds is 7. The molecule has 1 aliphatic rings. The zero-order valence-electron chi connectivity index (χ0n) is 17.8. The van der Waals surface area contributed by atoms with Crippen molar-refractivity contribution in [2.45, 2.75) is 57.8 Å². The molecular formula is C22H21F7N2O2. The van der Waals surface area contributed by atoms with Crippen molar-refractivity contribution >= 4 is 5.97 Å². The number of allylic oxidation sites excluding steroid dienone is 3. The molecule has 0 amide bonds. The summed E-state index contributed by atoms with van der Waals surface area (Å²) in [5.41, 5.74) is -2.03. The Hall–Kier alpha value is -3.03. The van der Waals surface area contributed by atoms with Crippen LogP contribution in [0.4, 0.5) is 30.7 Å². The van der Waals surface area contributed by atoms with E-state index in [4.69, 9.17) is 4.74 Å². The summed E-state index contributed by atoms with van der Waals surface area (Å²) in [5, 5.41) is 12.5. The van der Waals surface area contributed by atoms with E-state index >= 15 is 0 Å². The van der Waals surface area contributed by atoms with Crippen molar-refractivity contribution in [1.29, 1.82) is 5.26 Å². The number of alkyl halides is 6. The summed E-state index contributed by atoms with van der Waals surface area (Å²) in [7, 11) is 0. The monoisotopic (exact) mass is 478 g/mol. The Balaban J connectivity index is 2.59. The smallest absolute Gasteiger partial charge is 0.416 e. The third-order valence-corrected chi connectivity index (χ3v) is 4.95. The van der Waals surface area contributed by atoms with Crippen molar-refractivity contribution in [2.75, 3.05) is 6.61 Å². The van der Waals surface area contributed by atoms with Crippen LogP contribution < -0.4 is 5.32 Å². The number of hydrogen-bond acceptors (Lipinski definition) is 4. The fourth-order valence-corrected chi connectivity index (χ4v) is 3.58. The number of nitriles is 1. The number of hydrogen-bond donors (Lipinski definition) is 1.